The van der Waals surface area contributed by atoms with E-state index in [-0.39, 0.29) is 11.8 Å². The van der Waals surface area contributed by atoms with Crippen LogP contribution in [0.5, 0.6) is 0 Å². The van der Waals surface area contributed by atoms with E-state index in [1.807, 2.05) is 13.8 Å². The summed E-state index contributed by atoms with van der Waals surface area (Å²) in [5, 5.41) is 0.699. The fraction of sp³-hybridized carbons (Fsp3) is 0.833. The minimum Gasteiger partial charge on any atom is -0.443 e. The molecular weight excluding hydrogens is 286 g/mol. The predicted molar refractivity (Wildman–Crippen MR) is 69.0 cm³/mol. The molecule has 1 aliphatic rings. The molecule has 4 nitrogen and oxygen atoms in total. The number of alkyl halides is 1. The number of likely N-dealkylation sites (tertiary alicyclic amines) is 1. The summed E-state index contributed by atoms with van der Waals surface area (Å²) >= 11 is 3.39. The predicted octanol–water partition coefficient (Wildman–Crippen LogP) is 2.80. The van der Waals surface area contributed by atoms with Crippen molar-refractivity contribution >= 4 is 27.9 Å². The smallest absolute Gasteiger partial charge is 0.417 e. The van der Waals surface area contributed by atoms with E-state index < -0.39 is 17.1 Å². The van der Waals surface area contributed by atoms with Gasteiger partial charge in [0.15, 0.2) is 0 Å². The number of amides is 2. The molecule has 5 heteroatoms. The van der Waals surface area contributed by atoms with Crippen molar-refractivity contribution in [1.82, 2.24) is 4.90 Å². The van der Waals surface area contributed by atoms with E-state index in [9.17, 15) is 9.59 Å². The number of halogens is 1. The molecule has 1 rings (SSSR count). The van der Waals surface area contributed by atoms with Crippen LogP contribution in [0.15, 0.2) is 0 Å². The molecular formula is C12H20BrNO3. The Morgan fingerprint density at radius 3 is 2.41 bits per heavy atom. The maximum absolute atomic E-state index is 12.1. The highest BCUT2D eigenvalue weighted by Gasteiger charge is 2.49. The van der Waals surface area contributed by atoms with Crippen LogP contribution in [0.1, 0.15) is 34.6 Å². The molecule has 0 aromatic rings. The van der Waals surface area contributed by atoms with Crippen molar-refractivity contribution < 1.29 is 14.3 Å². The lowest BCUT2D eigenvalue weighted by Crippen LogP contribution is -2.40. The normalized spacial score (nSPS) is 24.0. The Bertz CT molecular complexity index is 333. The molecule has 0 spiro atoms. The number of ether oxygens (including phenoxy) is 1. The Hall–Kier alpha value is -0.580. The number of rotatable bonds is 1. The standard InChI is InChI=1S/C12H20BrNO3/c1-11(2,3)17-10(16)14-7-8(6-13)12(4,5)9(14)15/h8H,6-7H2,1-5H3. The second-order valence-electron chi connectivity index (χ2n) is 5.97. The van der Waals surface area contributed by atoms with Crippen molar-refractivity contribution in [2.75, 3.05) is 11.9 Å². The minimum absolute atomic E-state index is 0.127. The third-order valence-corrected chi connectivity index (χ3v) is 3.80. The van der Waals surface area contributed by atoms with Crippen LogP contribution in [0.4, 0.5) is 4.79 Å². The number of carbonyl (C=O) groups is 2. The van der Waals surface area contributed by atoms with Crippen molar-refractivity contribution in [1.29, 1.82) is 0 Å². The zero-order valence-electron chi connectivity index (χ0n) is 11.0. The zero-order chi connectivity index (χ0) is 13.4. The summed E-state index contributed by atoms with van der Waals surface area (Å²) < 4.78 is 5.23. The van der Waals surface area contributed by atoms with Crippen molar-refractivity contribution in [3.63, 3.8) is 0 Å². The maximum Gasteiger partial charge on any atom is 0.417 e. The molecule has 1 aliphatic heterocycles. The Morgan fingerprint density at radius 1 is 1.53 bits per heavy atom. The van der Waals surface area contributed by atoms with Gasteiger partial charge in [-0.05, 0) is 20.8 Å². The first kappa shape index (κ1) is 14.5. The third kappa shape index (κ3) is 3.00. The van der Waals surface area contributed by atoms with Gasteiger partial charge in [0.2, 0.25) is 5.91 Å². The van der Waals surface area contributed by atoms with Gasteiger partial charge in [0, 0.05) is 23.2 Å². The average Bonchev–Trinajstić information content (AvgIpc) is 2.36. The molecule has 98 valence electrons. The Balaban J connectivity index is 2.82. The number of nitrogens with zero attached hydrogens (tertiary/aromatic N) is 1. The van der Waals surface area contributed by atoms with Crippen molar-refractivity contribution in [3.05, 3.63) is 0 Å². The number of carbonyl (C=O) groups excluding carboxylic acids is 2. The highest BCUT2D eigenvalue weighted by Crippen LogP contribution is 2.38. The van der Waals surface area contributed by atoms with Crippen molar-refractivity contribution in [2.45, 2.75) is 40.2 Å². The molecule has 0 bridgehead atoms. The molecule has 1 saturated heterocycles. The average molecular weight is 306 g/mol. The second kappa shape index (κ2) is 4.59. The molecule has 1 unspecified atom stereocenters. The summed E-state index contributed by atoms with van der Waals surface area (Å²) in [7, 11) is 0. The van der Waals surface area contributed by atoms with Crippen LogP contribution in [-0.2, 0) is 9.53 Å². The van der Waals surface area contributed by atoms with Gasteiger partial charge in [-0.2, -0.15) is 0 Å². The monoisotopic (exact) mass is 305 g/mol. The first-order valence-electron chi connectivity index (χ1n) is 5.70. The number of hydrogen-bond donors (Lipinski definition) is 0. The van der Waals surface area contributed by atoms with Crippen molar-refractivity contribution in [3.8, 4) is 0 Å². The number of imide groups is 1. The lowest BCUT2D eigenvalue weighted by molar-refractivity contribution is -0.134. The minimum atomic E-state index is -0.575. The Kier molecular flexibility index (Phi) is 3.91. The molecule has 0 N–H and O–H groups in total. The van der Waals surface area contributed by atoms with E-state index in [1.165, 1.54) is 4.90 Å². The van der Waals surface area contributed by atoms with Crippen LogP contribution >= 0.6 is 15.9 Å². The molecule has 0 aliphatic carbocycles. The van der Waals surface area contributed by atoms with Gasteiger partial charge in [-0.15, -0.1) is 0 Å². The number of hydrogen-bond acceptors (Lipinski definition) is 3. The lowest BCUT2D eigenvalue weighted by atomic mass is 9.83. The van der Waals surface area contributed by atoms with Crippen LogP contribution in [0, 0.1) is 11.3 Å². The summed E-state index contributed by atoms with van der Waals surface area (Å²) in [6.45, 7) is 9.53. The Morgan fingerprint density at radius 2 is 2.06 bits per heavy atom. The van der Waals surface area contributed by atoms with Gasteiger partial charge in [0.1, 0.15) is 5.60 Å². The highest BCUT2D eigenvalue weighted by atomic mass is 79.9. The summed E-state index contributed by atoms with van der Waals surface area (Å²) in [6, 6.07) is 0. The SMILES string of the molecule is CC(C)(C)OC(=O)N1CC(CBr)C(C)(C)C1=O. The van der Waals surface area contributed by atoms with Crippen LogP contribution < -0.4 is 0 Å². The van der Waals surface area contributed by atoms with Crippen LogP contribution in [0.2, 0.25) is 0 Å². The topological polar surface area (TPSA) is 46.6 Å². The van der Waals surface area contributed by atoms with Crippen LogP contribution in [-0.4, -0.2) is 34.4 Å². The van der Waals surface area contributed by atoms with Gasteiger partial charge in [-0.1, -0.05) is 29.8 Å². The van der Waals surface area contributed by atoms with Gasteiger partial charge in [0.25, 0.3) is 0 Å². The molecule has 1 heterocycles. The maximum atomic E-state index is 12.1. The zero-order valence-corrected chi connectivity index (χ0v) is 12.6. The van der Waals surface area contributed by atoms with E-state index in [2.05, 4.69) is 15.9 Å². The molecule has 0 aromatic carbocycles. The largest absolute Gasteiger partial charge is 0.443 e. The summed E-state index contributed by atoms with van der Waals surface area (Å²) in [6.07, 6.45) is -0.543. The van der Waals surface area contributed by atoms with E-state index in [0.29, 0.717) is 11.9 Å². The molecule has 1 atom stereocenters. The van der Waals surface area contributed by atoms with Crippen LogP contribution in [0.3, 0.4) is 0 Å². The molecule has 1 fully saturated rings. The first-order valence-corrected chi connectivity index (χ1v) is 6.82. The Labute approximate surface area is 111 Å². The van der Waals surface area contributed by atoms with Gasteiger partial charge < -0.3 is 4.74 Å². The van der Waals surface area contributed by atoms with E-state index in [4.69, 9.17) is 4.74 Å². The van der Waals surface area contributed by atoms with Gasteiger partial charge in [0.05, 0.1) is 0 Å². The lowest BCUT2D eigenvalue weighted by Gasteiger charge is -2.24. The first-order chi connectivity index (χ1) is 7.59. The molecule has 0 saturated carbocycles. The van der Waals surface area contributed by atoms with E-state index in [0.717, 1.165) is 0 Å². The fourth-order valence-electron chi connectivity index (χ4n) is 1.77. The van der Waals surface area contributed by atoms with E-state index in [1.54, 1.807) is 20.8 Å². The quantitative estimate of drug-likeness (QED) is 0.700. The van der Waals surface area contributed by atoms with Gasteiger partial charge in [-0.25, -0.2) is 9.69 Å². The van der Waals surface area contributed by atoms with Crippen molar-refractivity contribution in [2.24, 2.45) is 11.3 Å². The summed E-state index contributed by atoms with van der Waals surface area (Å²) in [5.41, 5.74) is -1.09. The van der Waals surface area contributed by atoms with Gasteiger partial charge >= 0.3 is 6.09 Å². The molecule has 0 aromatic heterocycles. The van der Waals surface area contributed by atoms with E-state index >= 15 is 0 Å². The molecule has 17 heavy (non-hydrogen) atoms. The molecule has 2 amide bonds. The van der Waals surface area contributed by atoms with Gasteiger partial charge in [-0.3, -0.25) is 4.79 Å². The van der Waals surface area contributed by atoms with Crippen LogP contribution in [0.25, 0.3) is 0 Å². The third-order valence-electron chi connectivity index (χ3n) is 3.02. The molecule has 0 radical (unpaired) electrons. The fourth-order valence-corrected chi connectivity index (χ4v) is 2.78. The second-order valence-corrected chi connectivity index (χ2v) is 6.62. The summed E-state index contributed by atoms with van der Waals surface area (Å²) in [5.74, 6) is -0.0290. The summed E-state index contributed by atoms with van der Waals surface area (Å²) in [4.78, 5) is 25.2. The highest BCUT2D eigenvalue weighted by molar-refractivity contribution is 9.09.